The average molecular weight is 390 g/mol. The zero-order valence-electron chi connectivity index (χ0n) is 16.2. The first kappa shape index (κ1) is 18.9. The highest BCUT2D eigenvalue weighted by Crippen LogP contribution is 2.17. The largest absolute Gasteiger partial charge is 0.338 e. The molecule has 0 unspecified atom stereocenters. The number of pyridine rings is 1. The highest BCUT2D eigenvalue weighted by molar-refractivity contribution is 6.04. The van der Waals surface area contributed by atoms with E-state index in [9.17, 15) is 14.4 Å². The summed E-state index contributed by atoms with van der Waals surface area (Å²) in [5.74, 6) is -0.346. The summed E-state index contributed by atoms with van der Waals surface area (Å²) in [6, 6.07) is 10.9. The topological polar surface area (TPSA) is 83.8 Å². The fraction of sp³-hybridized carbons (Fsp3) is 0.273. The van der Waals surface area contributed by atoms with Gasteiger partial charge in [0.05, 0.1) is 0 Å². The Labute approximate surface area is 168 Å². The molecule has 29 heavy (non-hydrogen) atoms. The van der Waals surface area contributed by atoms with Crippen LogP contribution in [0.25, 0.3) is 5.65 Å². The van der Waals surface area contributed by atoms with Crippen LogP contribution in [0.3, 0.4) is 0 Å². The molecule has 2 aromatic heterocycles. The molecule has 148 valence electrons. The smallest absolute Gasteiger partial charge is 0.270 e. The normalized spacial score (nSPS) is 14.2. The maximum atomic E-state index is 12.7. The molecular formula is C22H22N4O3. The molecule has 7 nitrogen and oxygen atoms in total. The van der Waals surface area contributed by atoms with E-state index in [1.165, 1.54) is 10.6 Å². The van der Waals surface area contributed by atoms with Gasteiger partial charge in [-0.05, 0) is 49.1 Å². The van der Waals surface area contributed by atoms with E-state index < -0.39 is 11.5 Å². The SMILES string of the molecule is Cc1ccc2ncc(C(=O)Nc3cccc(CN4CCCCC4=O)c3)c(=O)n2c1. The number of hydrogen-bond acceptors (Lipinski definition) is 4. The number of hydrogen-bond donors (Lipinski definition) is 1. The second-order valence-corrected chi connectivity index (χ2v) is 7.34. The van der Waals surface area contributed by atoms with Crippen LogP contribution in [0, 0.1) is 6.92 Å². The van der Waals surface area contributed by atoms with Gasteiger partial charge in [0, 0.05) is 37.6 Å². The molecule has 0 aliphatic carbocycles. The summed E-state index contributed by atoms with van der Waals surface area (Å²) < 4.78 is 1.38. The minimum Gasteiger partial charge on any atom is -0.338 e. The third-order valence-corrected chi connectivity index (χ3v) is 5.07. The van der Waals surface area contributed by atoms with Gasteiger partial charge in [0.1, 0.15) is 11.2 Å². The van der Waals surface area contributed by atoms with Gasteiger partial charge in [-0.2, -0.15) is 0 Å². The second-order valence-electron chi connectivity index (χ2n) is 7.34. The maximum absolute atomic E-state index is 12.7. The number of likely N-dealkylation sites (tertiary alicyclic amines) is 1. The highest BCUT2D eigenvalue weighted by Gasteiger charge is 2.18. The summed E-state index contributed by atoms with van der Waals surface area (Å²) in [6.45, 7) is 3.15. The zero-order chi connectivity index (χ0) is 20.4. The molecule has 3 heterocycles. The van der Waals surface area contributed by atoms with Crippen molar-refractivity contribution in [2.45, 2.75) is 32.7 Å². The molecule has 4 rings (SSSR count). The van der Waals surface area contributed by atoms with Crippen LogP contribution in [0.15, 0.2) is 53.6 Å². The van der Waals surface area contributed by atoms with Gasteiger partial charge in [0.25, 0.3) is 11.5 Å². The lowest BCUT2D eigenvalue weighted by Gasteiger charge is -2.26. The number of anilines is 1. The van der Waals surface area contributed by atoms with Gasteiger partial charge in [-0.1, -0.05) is 18.2 Å². The molecule has 0 saturated carbocycles. The summed E-state index contributed by atoms with van der Waals surface area (Å²) in [6.07, 6.45) is 5.52. The first-order valence-electron chi connectivity index (χ1n) is 9.67. The van der Waals surface area contributed by atoms with Crippen molar-refractivity contribution < 1.29 is 9.59 Å². The molecule has 0 atom stereocenters. The lowest BCUT2D eigenvalue weighted by Crippen LogP contribution is -2.34. The second kappa shape index (κ2) is 7.87. The van der Waals surface area contributed by atoms with Gasteiger partial charge in [-0.3, -0.25) is 18.8 Å². The van der Waals surface area contributed by atoms with Crippen molar-refractivity contribution in [3.63, 3.8) is 0 Å². The Morgan fingerprint density at radius 1 is 1.17 bits per heavy atom. The number of aryl methyl sites for hydroxylation is 1. The van der Waals surface area contributed by atoms with Crippen molar-refractivity contribution in [2.24, 2.45) is 0 Å². The molecule has 1 fully saturated rings. The Kier molecular flexibility index (Phi) is 5.12. The predicted molar refractivity (Wildman–Crippen MR) is 110 cm³/mol. The van der Waals surface area contributed by atoms with Crippen LogP contribution >= 0.6 is 0 Å². The van der Waals surface area contributed by atoms with Crippen LogP contribution in [0.1, 0.15) is 40.7 Å². The Hall–Kier alpha value is -3.48. The molecule has 2 amide bonds. The monoisotopic (exact) mass is 390 g/mol. The van der Waals surface area contributed by atoms with E-state index in [2.05, 4.69) is 10.3 Å². The van der Waals surface area contributed by atoms with Gasteiger partial charge in [-0.15, -0.1) is 0 Å². The van der Waals surface area contributed by atoms with Crippen LogP contribution in [-0.4, -0.2) is 32.6 Å². The van der Waals surface area contributed by atoms with Crippen molar-refractivity contribution >= 4 is 23.1 Å². The average Bonchev–Trinajstić information content (AvgIpc) is 2.71. The summed E-state index contributed by atoms with van der Waals surface area (Å²) in [7, 11) is 0. The van der Waals surface area contributed by atoms with Crippen LogP contribution in [-0.2, 0) is 11.3 Å². The van der Waals surface area contributed by atoms with Gasteiger partial charge < -0.3 is 10.2 Å². The summed E-state index contributed by atoms with van der Waals surface area (Å²) in [4.78, 5) is 43.5. The fourth-order valence-electron chi connectivity index (χ4n) is 3.53. The number of nitrogens with zero attached hydrogens (tertiary/aromatic N) is 3. The zero-order valence-corrected chi connectivity index (χ0v) is 16.2. The number of benzene rings is 1. The van der Waals surface area contributed by atoms with E-state index in [0.717, 1.165) is 30.5 Å². The van der Waals surface area contributed by atoms with E-state index in [-0.39, 0.29) is 11.5 Å². The van der Waals surface area contributed by atoms with E-state index in [1.807, 2.05) is 36.1 Å². The molecule has 1 aliphatic heterocycles. The molecule has 1 saturated heterocycles. The van der Waals surface area contributed by atoms with Gasteiger partial charge in [0.2, 0.25) is 5.91 Å². The Morgan fingerprint density at radius 2 is 2.03 bits per heavy atom. The van der Waals surface area contributed by atoms with E-state index >= 15 is 0 Å². The van der Waals surface area contributed by atoms with Crippen molar-refractivity contribution in [1.82, 2.24) is 14.3 Å². The lowest BCUT2D eigenvalue weighted by molar-refractivity contribution is -0.133. The minimum atomic E-state index is -0.510. The van der Waals surface area contributed by atoms with Crippen LogP contribution in [0.4, 0.5) is 5.69 Å². The summed E-state index contributed by atoms with van der Waals surface area (Å²) in [5.41, 5.74) is 2.47. The van der Waals surface area contributed by atoms with E-state index in [1.54, 1.807) is 18.3 Å². The van der Waals surface area contributed by atoms with Crippen LogP contribution < -0.4 is 10.9 Å². The number of aromatic nitrogens is 2. The molecule has 1 N–H and O–H groups in total. The number of amides is 2. The highest BCUT2D eigenvalue weighted by atomic mass is 16.2. The Morgan fingerprint density at radius 3 is 2.86 bits per heavy atom. The third kappa shape index (κ3) is 4.03. The number of piperidine rings is 1. The summed E-state index contributed by atoms with van der Waals surface area (Å²) in [5, 5.41) is 2.77. The number of carbonyl (C=O) groups excluding carboxylic acids is 2. The lowest BCUT2D eigenvalue weighted by atomic mass is 10.1. The fourth-order valence-corrected chi connectivity index (χ4v) is 3.53. The standard InChI is InChI=1S/C22H22N4O3/c1-15-8-9-19-23-12-18(22(29)26(19)13-15)21(28)24-17-6-4-5-16(11-17)14-25-10-3-2-7-20(25)27/h4-6,8-9,11-13H,2-3,7,10,14H2,1H3,(H,24,28). The van der Waals surface area contributed by atoms with E-state index in [0.29, 0.717) is 24.3 Å². The molecule has 1 aromatic carbocycles. The predicted octanol–water partition coefficient (Wildman–Crippen LogP) is 2.77. The number of nitrogens with one attached hydrogen (secondary N) is 1. The molecule has 0 radical (unpaired) electrons. The number of rotatable bonds is 4. The van der Waals surface area contributed by atoms with Crippen LogP contribution in [0.2, 0.25) is 0 Å². The Balaban J connectivity index is 1.54. The number of carbonyl (C=O) groups is 2. The first-order chi connectivity index (χ1) is 14.0. The molecule has 0 spiro atoms. The molecule has 0 bridgehead atoms. The quantitative estimate of drug-likeness (QED) is 0.742. The maximum Gasteiger partial charge on any atom is 0.270 e. The molecule has 7 heteroatoms. The minimum absolute atomic E-state index is 0.0234. The molecule has 1 aliphatic rings. The van der Waals surface area contributed by atoms with Crippen molar-refractivity contribution in [3.8, 4) is 0 Å². The number of fused-ring (bicyclic) bond motifs is 1. The first-order valence-corrected chi connectivity index (χ1v) is 9.67. The van der Waals surface area contributed by atoms with E-state index in [4.69, 9.17) is 0 Å². The van der Waals surface area contributed by atoms with Crippen molar-refractivity contribution in [1.29, 1.82) is 0 Å². The third-order valence-electron chi connectivity index (χ3n) is 5.07. The van der Waals surface area contributed by atoms with Crippen molar-refractivity contribution in [2.75, 3.05) is 11.9 Å². The summed E-state index contributed by atoms with van der Waals surface area (Å²) >= 11 is 0. The van der Waals surface area contributed by atoms with Gasteiger partial charge in [-0.25, -0.2) is 4.98 Å². The van der Waals surface area contributed by atoms with Crippen LogP contribution in [0.5, 0.6) is 0 Å². The molecule has 3 aromatic rings. The van der Waals surface area contributed by atoms with Gasteiger partial charge >= 0.3 is 0 Å². The van der Waals surface area contributed by atoms with Crippen molar-refractivity contribution in [3.05, 3.63) is 75.8 Å². The Bertz CT molecular complexity index is 1150. The van der Waals surface area contributed by atoms with Gasteiger partial charge in [0.15, 0.2) is 0 Å². The molecular weight excluding hydrogens is 368 g/mol.